The second-order valence-corrected chi connectivity index (χ2v) is 7.10. The van der Waals surface area contributed by atoms with Gasteiger partial charge in [0.1, 0.15) is 4.99 Å². The lowest BCUT2D eigenvalue weighted by Crippen LogP contribution is -2.27. The lowest BCUT2D eigenvalue weighted by atomic mass is 10.1. The van der Waals surface area contributed by atoms with E-state index in [9.17, 15) is 8.42 Å². The van der Waals surface area contributed by atoms with E-state index in [1.807, 2.05) is 19.0 Å². The molecule has 0 aliphatic carbocycles. The van der Waals surface area contributed by atoms with Gasteiger partial charge in [0, 0.05) is 12.1 Å². The minimum absolute atomic E-state index is 0.236. The standard InChI is InChI=1S/C13H21N3O2S2/c1-10-9-11(5-6-12(10)13(14)19)20(17,18)15-7-4-8-16(2)3/h5-6,9,15H,4,7-8H2,1-3H3,(H2,14,19). The molecular formula is C13H21N3O2S2. The largest absolute Gasteiger partial charge is 0.389 e. The quantitative estimate of drug-likeness (QED) is 0.576. The van der Waals surface area contributed by atoms with E-state index in [2.05, 4.69) is 4.72 Å². The predicted octanol–water partition coefficient (Wildman–Crippen LogP) is 0.859. The Kier molecular flexibility index (Phi) is 6.07. The molecule has 0 heterocycles. The number of benzene rings is 1. The third-order valence-corrected chi connectivity index (χ3v) is 4.53. The number of nitrogens with one attached hydrogen (secondary N) is 1. The minimum Gasteiger partial charge on any atom is -0.389 e. The van der Waals surface area contributed by atoms with Crippen molar-refractivity contribution >= 4 is 27.2 Å². The van der Waals surface area contributed by atoms with Gasteiger partial charge in [0.05, 0.1) is 4.90 Å². The van der Waals surface area contributed by atoms with E-state index in [-0.39, 0.29) is 9.88 Å². The molecule has 3 N–H and O–H groups in total. The molecule has 0 aromatic heterocycles. The van der Waals surface area contributed by atoms with Crippen LogP contribution in [0.5, 0.6) is 0 Å². The van der Waals surface area contributed by atoms with Crippen molar-refractivity contribution in [2.75, 3.05) is 27.2 Å². The zero-order valence-corrected chi connectivity index (χ0v) is 13.6. The maximum absolute atomic E-state index is 12.1. The van der Waals surface area contributed by atoms with Crippen molar-refractivity contribution in [3.8, 4) is 0 Å². The Hall–Kier alpha value is -1.02. The molecule has 1 aromatic rings. The number of hydrogen-bond acceptors (Lipinski definition) is 4. The average Bonchev–Trinajstić information content (AvgIpc) is 2.34. The first kappa shape index (κ1) is 17.0. The molecule has 0 aliphatic rings. The first-order valence-corrected chi connectivity index (χ1v) is 8.18. The van der Waals surface area contributed by atoms with Crippen LogP contribution in [0.4, 0.5) is 0 Å². The molecule has 0 amide bonds. The van der Waals surface area contributed by atoms with Crippen LogP contribution in [0.15, 0.2) is 23.1 Å². The molecule has 20 heavy (non-hydrogen) atoms. The van der Waals surface area contributed by atoms with Crippen molar-refractivity contribution in [3.05, 3.63) is 29.3 Å². The van der Waals surface area contributed by atoms with Crippen LogP contribution in [0.25, 0.3) is 0 Å². The molecule has 0 saturated carbocycles. The lowest BCUT2D eigenvalue weighted by Gasteiger charge is -2.11. The van der Waals surface area contributed by atoms with Crippen molar-refractivity contribution in [1.82, 2.24) is 9.62 Å². The number of nitrogens with zero attached hydrogens (tertiary/aromatic N) is 1. The first-order chi connectivity index (χ1) is 9.24. The van der Waals surface area contributed by atoms with Crippen LogP contribution in [-0.4, -0.2) is 45.5 Å². The second kappa shape index (κ2) is 7.12. The summed E-state index contributed by atoms with van der Waals surface area (Å²) >= 11 is 4.90. The fourth-order valence-corrected chi connectivity index (χ4v) is 3.15. The molecule has 0 bridgehead atoms. The van der Waals surface area contributed by atoms with Crippen molar-refractivity contribution in [3.63, 3.8) is 0 Å². The molecular weight excluding hydrogens is 294 g/mol. The average molecular weight is 315 g/mol. The smallest absolute Gasteiger partial charge is 0.240 e. The van der Waals surface area contributed by atoms with Crippen LogP contribution >= 0.6 is 12.2 Å². The van der Waals surface area contributed by atoms with Gasteiger partial charge in [-0.3, -0.25) is 0 Å². The third-order valence-electron chi connectivity index (χ3n) is 2.85. The highest BCUT2D eigenvalue weighted by Crippen LogP contribution is 2.15. The Morgan fingerprint density at radius 1 is 1.40 bits per heavy atom. The predicted molar refractivity (Wildman–Crippen MR) is 85.4 cm³/mol. The van der Waals surface area contributed by atoms with Gasteiger partial charge in [-0.2, -0.15) is 0 Å². The van der Waals surface area contributed by atoms with E-state index in [0.717, 1.165) is 18.5 Å². The van der Waals surface area contributed by atoms with E-state index < -0.39 is 10.0 Å². The maximum Gasteiger partial charge on any atom is 0.240 e. The van der Waals surface area contributed by atoms with Gasteiger partial charge in [0.25, 0.3) is 0 Å². The van der Waals surface area contributed by atoms with Gasteiger partial charge in [-0.25, -0.2) is 13.1 Å². The maximum atomic E-state index is 12.1. The molecule has 0 unspecified atom stereocenters. The number of rotatable bonds is 7. The number of hydrogen-bond donors (Lipinski definition) is 2. The molecule has 0 atom stereocenters. The van der Waals surface area contributed by atoms with Gasteiger partial charge in [0.2, 0.25) is 10.0 Å². The first-order valence-electron chi connectivity index (χ1n) is 6.29. The van der Waals surface area contributed by atoms with Crippen molar-refractivity contribution in [1.29, 1.82) is 0 Å². The van der Waals surface area contributed by atoms with Gasteiger partial charge in [0.15, 0.2) is 0 Å². The molecule has 0 spiro atoms. The monoisotopic (exact) mass is 315 g/mol. The molecule has 112 valence electrons. The number of sulfonamides is 1. The summed E-state index contributed by atoms with van der Waals surface area (Å²) in [7, 11) is 0.426. The van der Waals surface area contributed by atoms with Crippen molar-refractivity contribution in [2.45, 2.75) is 18.2 Å². The van der Waals surface area contributed by atoms with Crippen molar-refractivity contribution in [2.24, 2.45) is 5.73 Å². The zero-order valence-electron chi connectivity index (χ0n) is 12.0. The van der Waals surface area contributed by atoms with Crippen LogP contribution in [-0.2, 0) is 10.0 Å². The van der Waals surface area contributed by atoms with Crippen molar-refractivity contribution < 1.29 is 8.42 Å². The topological polar surface area (TPSA) is 75.4 Å². The molecule has 1 rings (SSSR count). The second-order valence-electron chi connectivity index (χ2n) is 4.90. The molecule has 0 fully saturated rings. The van der Waals surface area contributed by atoms with Crippen LogP contribution in [0.1, 0.15) is 17.5 Å². The summed E-state index contributed by atoms with van der Waals surface area (Å²) < 4.78 is 26.8. The summed E-state index contributed by atoms with van der Waals surface area (Å²) in [5.41, 5.74) is 7.02. The molecule has 7 heteroatoms. The van der Waals surface area contributed by atoms with E-state index in [4.69, 9.17) is 18.0 Å². The van der Waals surface area contributed by atoms with E-state index in [1.54, 1.807) is 19.1 Å². The highest BCUT2D eigenvalue weighted by Gasteiger charge is 2.15. The van der Waals surface area contributed by atoms with Crippen LogP contribution in [0.3, 0.4) is 0 Å². The summed E-state index contributed by atoms with van der Waals surface area (Å²) in [5.74, 6) is 0. The van der Waals surface area contributed by atoms with Gasteiger partial charge >= 0.3 is 0 Å². The fraction of sp³-hybridized carbons (Fsp3) is 0.462. The van der Waals surface area contributed by atoms with Crippen LogP contribution in [0, 0.1) is 6.92 Å². The highest BCUT2D eigenvalue weighted by atomic mass is 32.2. The molecule has 1 aromatic carbocycles. The minimum atomic E-state index is -3.48. The summed E-state index contributed by atoms with van der Waals surface area (Å²) in [6.07, 6.45) is 0.760. The SMILES string of the molecule is Cc1cc(S(=O)(=O)NCCCN(C)C)ccc1C(N)=S. The Morgan fingerprint density at radius 3 is 2.55 bits per heavy atom. The van der Waals surface area contributed by atoms with Crippen LogP contribution in [0.2, 0.25) is 0 Å². The van der Waals surface area contributed by atoms with Gasteiger partial charge < -0.3 is 10.6 Å². The molecule has 0 radical (unpaired) electrons. The Bertz CT molecular complexity index is 583. The van der Waals surface area contributed by atoms with Gasteiger partial charge in [-0.1, -0.05) is 18.3 Å². The van der Waals surface area contributed by atoms with Gasteiger partial charge in [-0.15, -0.1) is 0 Å². The summed E-state index contributed by atoms with van der Waals surface area (Å²) in [4.78, 5) is 2.51. The van der Waals surface area contributed by atoms with E-state index in [0.29, 0.717) is 12.1 Å². The summed E-state index contributed by atoms with van der Waals surface area (Å²) in [5, 5.41) is 0. The Balaban J connectivity index is 2.78. The highest BCUT2D eigenvalue weighted by molar-refractivity contribution is 7.89. The lowest BCUT2D eigenvalue weighted by molar-refractivity contribution is 0.400. The molecule has 0 saturated heterocycles. The zero-order chi connectivity index (χ0) is 15.3. The number of nitrogens with two attached hydrogens (primary N) is 1. The number of thiocarbonyl (C=S) groups is 1. The van der Waals surface area contributed by atoms with E-state index >= 15 is 0 Å². The third kappa shape index (κ3) is 4.82. The van der Waals surface area contributed by atoms with Gasteiger partial charge in [-0.05, 0) is 51.7 Å². The fourth-order valence-electron chi connectivity index (χ4n) is 1.76. The summed E-state index contributed by atoms with van der Waals surface area (Å²) in [6, 6.07) is 4.75. The normalized spacial score (nSPS) is 11.8. The molecule has 5 nitrogen and oxygen atoms in total. The van der Waals surface area contributed by atoms with E-state index in [1.165, 1.54) is 6.07 Å². The Labute approximate surface area is 126 Å². The summed E-state index contributed by atoms with van der Waals surface area (Å²) in [6.45, 7) is 3.04. The van der Waals surface area contributed by atoms with Crippen LogP contribution < -0.4 is 10.5 Å². The Morgan fingerprint density at radius 2 is 2.05 bits per heavy atom. The molecule has 0 aliphatic heterocycles. The number of aryl methyl sites for hydroxylation is 1.